The fourth-order valence-electron chi connectivity index (χ4n) is 3.75. The molecule has 2 fully saturated rings. The van der Waals surface area contributed by atoms with Crippen LogP contribution in [0.4, 0.5) is 5.69 Å². The highest BCUT2D eigenvalue weighted by Gasteiger charge is 2.59. The van der Waals surface area contributed by atoms with Crippen molar-refractivity contribution >= 4 is 29.1 Å². The highest BCUT2D eigenvalue weighted by molar-refractivity contribution is 6.30. The molecule has 1 heterocycles. The molecule has 2 aliphatic carbocycles. The molecular formula is C15H12ClNO2. The Labute approximate surface area is 115 Å². The van der Waals surface area contributed by atoms with Gasteiger partial charge in [0.1, 0.15) is 0 Å². The molecule has 1 saturated heterocycles. The molecule has 4 atom stereocenters. The van der Waals surface area contributed by atoms with Crippen molar-refractivity contribution in [1.29, 1.82) is 0 Å². The normalized spacial score (nSPS) is 35.3. The SMILES string of the molecule is O=C1C2C3C=C[C@@H](C3)[C@@H]2C(=O)N1c1ccc(Cl)cc1. The lowest BCUT2D eigenvalue weighted by Crippen LogP contribution is -2.32. The van der Waals surface area contributed by atoms with E-state index in [2.05, 4.69) is 12.2 Å². The second-order valence-electron chi connectivity index (χ2n) is 5.49. The van der Waals surface area contributed by atoms with Gasteiger partial charge in [0.05, 0.1) is 17.5 Å². The van der Waals surface area contributed by atoms with E-state index in [9.17, 15) is 9.59 Å². The minimum Gasteiger partial charge on any atom is -0.274 e. The summed E-state index contributed by atoms with van der Waals surface area (Å²) in [5, 5.41) is 0.602. The number of allylic oxidation sites excluding steroid dienone is 2. The molecule has 1 saturated carbocycles. The molecule has 4 rings (SSSR count). The van der Waals surface area contributed by atoms with E-state index in [1.165, 1.54) is 4.90 Å². The first-order chi connectivity index (χ1) is 9.16. The number of amides is 2. The minimum absolute atomic E-state index is 0.0471. The first-order valence-corrected chi connectivity index (χ1v) is 6.86. The smallest absolute Gasteiger partial charge is 0.238 e. The summed E-state index contributed by atoms with van der Waals surface area (Å²) in [6, 6.07) is 6.87. The molecule has 1 aromatic carbocycles. The summed E-state index contributed by atoms with van der Waals surface area (Å²) in [6.45, 7) is 0. The number of halogens is 1. The maximum atomic E-state index is 12.5. The Bertz CT molecular complexity index is 577. The van der Waals surface area contributed by atoms with Crippen molar-refractivity contribution in [1.82, 2.24) is 0 Å². The molecule has 0 radical (unpaired) electrons. The zero-order valence-electron chi connectivity index (χ0n) is 10.1. The Morgan fingerprint density at radius 1 is 0.947 bits per heavy atom. The number of hydrogen-bond donors (Lipinski definition) is 0. The van der Waals surface area contributed by atoms with Crippen LogP contribution in [-0.4, -0.2) is 11.8 Å². The van der Waals surface area contributed by atoms with Gasteiger partial charge in [0.2, 0.25) is 11.8 Å². The molecule has 0 N–H and O–H groups in total. The van der Waals surface area contributed by atoms with E-state index in [1.54, 1.807) is 24.3 Å². The third-order valence-electron chi connectivity index (χ3n) is 4.56. The van der Waals surface area contributed by atoms with E-state index in [0.717, 1.165) is 6.42 Å². The standard InChI is InChI=1S/C15H12ClNO2/c16-10-3-5-11(6-4-10)17-14(18)12-8-1-2-9(7-8)13(12)15(17)19/h1-6,8-9,12-13H,7H2/t8-,9?,12-,13?/m0/s1. The molecule has 0 aromatic heterocycles. The van der Waals surface area contributed by atoms with Gasteiger partial charge in [-0.3, -0.25) is 14.5 Å². The molecule has 3 nitrogen and oxygen atoms in total. The topological polar surface area (TPSA) is 37.4 Å². The number of anilines is 1. The number of carbonyl (C=O) groups excluding carboxylic acids is 2. The first-order valence-electron chi connectivity index (χ1n) is 6.48. The molecule has 1 aromatic rings. The Hall–Kier alpha value is -1.61. The van der Waals surface area contributed by atoms with Crippen LogP contribution in [0.15, 0.2) is 36.4 Å². The van der Waals surface area contributed by atoms with Gasteiger partial charge in [0.25, 0.3) is 0 Å². The molecule has 4 heteroatoms. The van der Waals surface area contributed by atoms with Gasteiger partial charge in [0.15, 0.2) is 0 Å². The van der Waals surface area contributed by atoms with Crippen LogP contribution < -0.4 is 4.90 Å². The highest BCUT2D eigenvalue weighted by atomic mass is 35.5. The second-order valence-corrected chi connectivity index (χ2v) is 5.92. The summed E-state index contributed by atoms with van der Waals surface area (Å²) in [5.74, 6) is 0.132. The summed E-state index contributed by atoms with van der Waals surface area (Å²) < 4.78 is 0. The number of fused-ring (bicyclic) bond motifs is 5. The molecule has 96 valence electrons. The number of rotatable bonds is 1. The summed E-state index contributed by atoms with van der Waals surface area (Å²) >= 11 is 5.84. The number of imide groups is 1. The van der Waals surface area contributed by atoms with Crippen LogP contribution in [0.2, 0.25) is 5.02 Å². The van der Waals surface area contributed by atoms with Crippen LogP contribution in [0.1, 0.15) is 6.42 Å². The molecule has 1 aliphatic heterocycles. The summed E-state index contributed by atoms with van der Waals surface area (Å²) in [6.07, 6.45) is 5.16. The van der Waals surface area contributed by atoms with Gasteiger partial charge < -0.3 is 0 Å². The fraction of sp³-hybridized carbons (Fsp3) is 0.333. The zero-order valence-corrected chi connectivity index (χ0v) is 10.9. The van der Waals surface area contributed by atoms with E-state index in [1.807, 2.05) is 0 Å². The lowest BCUT2D eigenvalue weighted by molar-refractivity contribution is -0.123. The van der Waals surface area contributed by atoms with E-state index in [4.69, 9.17) is 11.6 Å². The maximum Gasteiger partial charge on any atom is 0.238 e. The van der Waals surface area contributed by atoms with Crippen molar-refractivity contribution in [2.75, 3.05) is 4.90 Å². The third kappa shape index (κ3) is 1.39. The summed E-state index contributed by atoms with van der Waals surface area (Å²) in [4.78, 5) is 26.4. The lowest BCUT2D eigenvalue weighted by Gasteiger charge is -2.17. The van der Waals surface area contributed by atoms with Gasteiger partial charge in [-0.25, -0.2) is 0 Å². The second kappa shape index (κ2) is 3.70. The quantitative estimate of drug-likeness (QED) is 0.583. The Kier molecular flexibility index (Phi) is 2.19. The highest BCUT2D eigenvalue weighted by Crippen LogP contribution is 2.53. The van der Waals surface area contributed by atoms with Crippen LogP contribution >= 0.6 is 11.6 Å². The summed E-state index contributed by atoms with van der Waals surface area (Å²) in [7, 11) is 0. The number of benzene rings is 1. The van der Waals surface area contributed by atoms with Gasteiger partial charge in [0, 0.05) is 5.02 Å². The molecule has 2 bridgehead atoms. The molecule has 19 heavy (non-hydrogen) atoms. The Morgan fingerprint density at radius 2 is 1.47 bits per heavy atom. The Balaban J connectivity index is 1.74. The van der Waals surface area contributed by atoms with Gasteiger partial charge in [-0.15, -0.1) is 0 Å². The number of carbonyl (C=O) groups is 2. The van der Waals surface area contributed by atoms with Gasteiger partial charge in [-0.2, -0.15) is 0 Å². The molecule has 0 spiro atoms. The molecule has 2 amide bonds. The molecular weight excluding hydrogens is 262 g/mol. The number of hydrogen-bond acceptors (Lipinski definition) is 2. The van der Waals surface area contributed by atoms with Crippen LogP contribution in [0.3, 0.4) is 0 Å². The van der Waals surface area contributed by atoms with Crippen LogP contribution in [-0.2, 0) is 9.59 Å². The van der Waals surface area contributed by atoms with Crippen LogP contribution in [0, 0.1) is 23.7 Å². The zero-order chi connectivity index (χ0) is 13.1. The first kappa shape index (κ1) is 11.2. The molecule has 2 unspecified atom stereocenters. The average molecular weight is 274 g/mol. The molecule has 3 aliphatic rings. The van der Waals surface area contributed by atoms with E-state index < -0.39 is 0 Å². The van der Waals surface area contributed by atoms with Crippen LogP contribution in [0.25, 0.3) is 0 Å². The maximum absolute atomic E-state index is 12.5. The van der Waals surface area contributed by atoms with Crippen molar-refractivity contribution in [2.24, 2.45) is 23.7 Å². The van der Waals surface area contributed by atoms with Crippen molar-refractivity contribution in [3.63, 3.8) is 0 Å². The van der Waals surface area contributed by atoms with E-state index >= 15 is 0 Å². The van der Waals surface area contributed by atoms with Crippen molar-refractivity contribution in [2.45, 2.75) is 6.42 Å². The average Bonchev–Trinajstić information content (AvgIpc) is 3.06. The largest absolute Gasteiger partial charge is 0.274 e. The predicted octanol–water partition coefficient (Wildman–Crippen LogP) is 2.65. The fourth-order valence-corrected chi connectivity index (χ4v) is 3.87. The Morgan fingerprint density at radius 3 is 2.00 bits per heavy atom. The predicted molar refractivity (Wildman–Crippen MR) is 71.7 cm³/mol. The number of nitrogens with zero attached hydrogens (tertiary/aromatic N) is 1. The van der Waals surface area contributed by atoms with Gasteiger partial charge >= 0.3 is 0 Å². The summed E-state index contributed by atoms with van der Waals surface area (Å²) in [5.41, 5.74) is 0.633. The third-order valence-corrected chi connectivity index (χ3v) is 4.81. The van der Waals surface area contributed by atoms with Crippen LogP contribution in [0.5, 0.6) is 0 Å². The monoisotopic (exact) mass is 273 g/mol. The van der Waals surface area contributed by atoms with Crippen molar-refractivity contribution in [3.05, 3.63) is 41.4 Å². The van der Waals surface area contributed by atoms with E-state index in [0.29, 0.717) is 10.7 Å². The van der Waals surface area contributed by atoms with Crippen molar-refractivity contribution < 1.29 is 9.59 Å². The van der Waals surface area contributed by atoms with Gasteiger partial charge in [-0.05, 0) is 42.5 Å². The van der Waals surface area contributed by atoms with E-state index in [-0.39, 0.29) is 35.5 Å². The van der Waals surface area contributed by atoms with Gasteiger partial charge in [-0.1, -0.05) is 23.8 Å². The van der Waals surface area contributed by atoms with Crippen molar-refractivity contribution in [3.8, 4) is 0 Å². The minimum atomic E-state index is -0.141. The lowest BCUT2D eigenvalue weighted by atomic mass is 9.85.